The summed E-state index contributed by atoms with van der Waals surface area (Å²) in [6, 6.07) is 0. The Bertz CT molecular complexity index is 420. The summed E-state index contributed by atoms with van der Waals surface area (Å²) in [5.41, 5.74) is 1.14. The topological polar surface area (TPSA) is 25.8 Å². The van der Waals surface area contributed by atoms with Gasteiger partial charge in [0, 0.05) is 6.20 Å². The molecule has 0 saturated carbocycles. The van der Waals surface area contributed by atoms with Gasteiger partial charge in [0.25, 0.3) is 0 Å². The molecule has 2 rings (SSSR count). The Labute approximate surface area is 84.4 Å². The van der Waals surface area contributed by atoms with Crippen LogP contribution in [0.5, 0.6) is 0 Å². The highest BCUT2D eigenvalue weighted by Gasteiger charge is 1.98. The lowest BCUT2D eigenvalue weighted by Gasteiger charge is -2.01. The van der Waals surface area contributed by atoms with E-state index in [9.17, 15) is 0 Å². The maximum atomic E-state index is 4.60. The molecule has 0 fully saturated rings. The zero-order valence-corrected chi connectivity index (χ0v) is 8.66. The Morgan fingerprint density at radius 1 is 1.21 bits per heavy atom. The van der Waals surface area contributed by atoms with Crippen LogP contribution in [0.3, 0.4) is 0 Å². The van der Waals surface area contributed by atoms with Crippen molar-refractivity contribution in [1.82, 2.24) is 9.97 Å². The third-order valence-electron chi connectivity index (χ3n) is 2.51. The van der Waals surface area contributed by atoms with Crippen molar-refractivity contribution in [3.63, 3.8) is 0 Å². The monoisotopic (exact) mass is 188 g/mol. The molecule has 74 valence electrons. The minimum atomic E-state index is 1.06. The van der Waals surface area contributed by atoms with Crippen molar-refractivity contribution in [2.75, 3.05) is 0 Å². The van der Waals surface area contributed by atoms with Crippen LogP contribution in [0.4, 0.5) is 0 Å². The van der Waals surface area contributed by atoms with Crippen LogP contribution in [-0.4, -0.2) is 9.97 Å². The smallest absolute Gasteiger partial charge is 0.0847 e. The summed E-state index contributed by atoms with van der Waals surface area (Å²) in [5, 5.41) is 2.15. The van der Waals surface area contributed by atoms with E-state index in [1.165, 1.54) is 12.8 Å². The Kier molecular flexibility index (Phi) is 2.92. The van der Waals surface area contributed by atoms with Gasteiger partial charge in [0.05, 0.1) is 16.4 Å². The van der Waals surface area contributed by atoms with Crippen molar-refractivity contribution in [2.24, 2.45) is 0 Å². The van der Waals surface area contributed by atoms with Crippen molar-refractivity contribution in [3.8, 4) is 0 Å². The van der Waals surface area contributed by atoms with Crippen LogP contribution in [0.25, 0.3) is 12.2 Å². The molecule has 1 aromatic heterocycles. The number of hydrogen-bond acceptors (Lipinski definition) is 2. The molecule has 1 aliphatic rings. The van der Waals surface area contributed by atoms with Crippen LogP contribution in [0.15, 0.2) is 6.20 Å². The Balaban J connectivity index is 2.30. The normalized spacial score (nSPS) is 14.1. The molecule has 1 aromatic rings. The zero-order chi connectivity index (χ0) is 9.80. The summed E-state index contributed by atoms with van der Waals surface area (Å²) in [6.45, 7) is 2.20. The molecule has 0 spiro atoms. The maximum Gasteiger partial charge on any atom is 0.0847 e. The quantitative estimate of drug-likeness (QED) is 0.711. The number of aryl methyl sites for hydroxylation is 1. The van der Waals surface area contributed by atoms with Gasteiger partial charge in [0.15, 0.2) is 0 Å². The van der Waals surface area contributed by atoms with E-state index in [1.807, 2.05) is 6.20 Å². The van der Waals surface area contributed by atoms with E-state index in [0.29, 0.717) is 0 Å². The van der Waals surface area contributed by atoms with Crippen molar-refractivity contribution in [1.29, 1.82) is 0 Å². The Hall–Kier alpha value is -1.18. The van der Waals surface area contributed by atoms with Crippen LogP contribution < -0.4 is 10.7 Å². The molecule has 0 unspecified atom stereocenters. The average Bonchev–Trinajstić information content (AvgIpc) is 2.26. The first-order chi connectivity index (χ1) is 6.90. The highest BCUT2D eigenvalue weighted by atomic mass is 14.8. The van der Waals surface area contributed by atoms with Crippen LogP contribution in [-0.2, 0) is 6.42 Å². The molecule has 14 heavy (non-hydrogen) atoms. The van der Waals surface area contributed by atoms with Gasteiger partial charge in [-0.3, -0.25) is 4.98 Å². The first-order valence-corrected chi connectivity index (χ1v) is 5.42. The molecule has 0 radical (unpaired) electrons. The molecular formula is C12H16N2. The SMILES string of the molecule is CCCCc1cnc2c(n1)=CCCC=2. The van der Waals surface area contributed by atoms with Crippen LogP contribution in [0, 0.1) is 0 Å². The summed E-state index contributed by atoms with van der Waals surface area (Å²) >= 11 is 0. The van der Waals surface area contributed by atoms with Gasteiger partial charge < -0.3 is 0 Å². The predicted molar refractivity (Wildman–Crippen MR) is 58.1 cm³/mol. The molecule has 0 aromatic carbocycles. The molecule has 0 N–H and O–H groups in total. The molecule has 2 heteroatoms. The maximum absolute atomic E-state index is 4.60. The fraction of sp³-hybridized carbons (Fsp3) is 0.500. The van der Waals surface area contributed by atoms with E-state index in [0.717, 1.165) is 35.7 Å². The highest BCUT2D eigenvalue weighted by molar-refractivity contribution is 5.32. The third-order valence-corrected chi connectivity index (χ3v) is 2.51. The second-order valence-corrected chi connectivity index (χ2v) is 3.72. The van der Waals surface area contributed by atoms with Crippen molar-refractivity contribution < 1.29 is 0 Å². The first kappa shape index (κ1) is 9.38. The van der Waals surface area contributed by atoms with Crippen molar-refractivity contribution in [3.05, 3.63) is 22.6 Å². The van der Waals surface area contributed by atoms with E-state index in [1.54, 1.807) is 0 Å². The fourth-order valence-electron chi connectivity index (χ4n) is 1.68. The van der Waals surface area contributed by atoms with Crippen molar-refractivity contribution >= 4 is 12.2 Å². The number of rotatable bonds is 3. The van der Waals surface area contributed by atoms with Crippen LogP contribution >= 0.6 is 0 Å². The number of hydrogen-bond donors (Lipinski definition) is 0. The summed E-state index contributed by atoms with van der Waals surface area (Å²) in [7, 11) is 0. The summed E-state index contributed by atoms with van der Waals surface area (Å²) in [5.74, 6) is 0. The standard InChI is InChI=1S/C12H16N2/c1-2-3-6-10-9-13-11-7-4-5-8-12(11)14-10/h7-9H,2-6H2,1H3. The molecule has 1 heterocycles. The second-order valence-electron chi connectivity index (χ2n) is 3.72. The zero-order valence-electron chi connectivity index (χ0n) is 8.66. The van der Waals surface area contributed by atoms with Gasteiger partial charge in [-0.15, -0.1) is 0 Å². The average molecular weight is 188 g/mol. The van der Waals surface area contributed by atoms with Gasteiger partial charge in [-0.1, -0.05) is 25.5 Å². The summed E-state index contributed by atoms with van der Waals surface area (Å²) in [4.78, 5) is 9.02. The lowest BCUT2D eigenvalue weighted by Crippen LogP contribution is -2.33. The van der Waals surface area contributed by atoms with E-state index in [-0.39, 0.29) is 0 Å². The van der Waals surface area contributed by atoms with Gasteiger partial charge in [0.2, 0.25) is 0 Å². The molecule has 0 aliphatic heterocycles. The predicted octanol–water partition coefficient (Wildman–Crippen LogP) is 1.17. The van der Waals surface area contributed by atoms with E-state index in [2.05, 4.69) is 29.0 Å². The van der Waals surface area contributed by atoms with Crippen LogP contribution in [0.2, 0.25) is 0 Å². The second kappa shape index (κ2) is 4.36. The van der Waals surface area contributed by atoms with Gasteiger partial charge in [-0.2, -0.15) is 0 Å². The number of nitrogens with zero attached hydrogens (tertiary/aromatic N) is 2. The van der Waals surface area contributed by atoms with E-state index in [4.69, 9.17) is 0 Å². The Morgan fingerprint density at radius 3 is 2.79 bits per heavy atom. The summed E-state index contributed by atoms with van der Waals surface area (Å²) < 4.78 is 0. The lowest BCUT2D eigenvalue weighted by atomic mass is 10.2. The van der Waals surface area contributed by atoms with Gasteiger partial charge >= 0.3 is 0 Å². The van der Waals surface area contributed by atoms with Gasteiger partial charge in [-0.25, -0.2) is 4.98 Å². The van der Waals surface area contributed by atoms with E-state index >= 15 is 0 Å². The largest absolute Gasteiger partial charge is 0.253 e. The molecule has 0 amide bonds. The van der Waals surface area contributed by atoms with Crippen LogP contribution in [0.1, 0.15) is 38.3 Å². The molecular weight excluding hydrogens is 172 g/mol. The van der Waals surface area contributed by atoms with Gasteiger partial charge in [0.1, 0.15) is 0 Å². The number of aromatic nitrogens is 2. The number of fused-ring (bicyclic) bond motifs is 1. The Morgan fingerprint density at radius 2 is 2.00 bits per heavy atom. The molecule has 0 atom stereocenters. The molecule has 0 bridgehead atoms. The molecule has 0 saturated heterocycles. The summed E-state index contributed by atoms with van der Waals surface area (Å²) in [6.07, 6.45) is 12.0. The number of unbranched alkanes of at least 4 members (excludes halogenated alkanes) is 1. The van der Waals surface area contributed by atoms with Crippen molar-refractivity contribution in [2.45, 2.75) is 39.0 Å². The first-order valence-electron chi connectivity index (χ1n) is 5.42. The van der Waals surface area contributed by atoms with Gasteiger partial charge in [-0.05, 0) is 25.7 Å². The highest BCUT2D eigenvalue weighted by Crippen LogP contribution is 1.98. The molecule has 2 nitrogen and oxygen atoms in total. The minimum absolute atomic E-state index is 1.06. The lowest BCUT2D eigenvalue weighted by molar-refractivity contribution is 0.765. The minimum Gasteiger partial charge on any atom is -0.253 e. The third kappa shape index (κ3) is 2.00. The molecule has 1 aliphatic carbocycles. The van der Waals surface area contributed by atoms with E-state index < -0.39 is 0 Å². The fourth-order valence-corrected chi connectivity index (χ4v) is 1.68.